The lowest BCUT2D eigenvalue weighted by Gasteiger charge is -2.36. The predicted octanol–water partition coefficient (Wildman–Crippen LogP) is 3.12. The third-order valence-corrected chi connectivity index (χ3v) is 6.99. The standard InChI is InChI=1S/C22H36N2O5/c1-21(2,3)29-20(27)23-16(13-10-8-7-9-11-13)18(25)24-12-14-15(22(14,4)5)17(24)19(26)28-6/h13-17H,7-12H2,1-6H3,(H,23,27)/t14?,15?,16?,17-/m0/s1. The summed E-state index contributed by atoms with van der Waals surface area (Å²) in [4.78, 5) is 40.3. The summed E-state index contributed by atoms with van der Waals surface area (Å²) in [5.41, 5.74) is -0.605. The fraction of sp³-hybridized carbons (Fsp3) is 0.864. The number of likely N-dealkylation sites (tertiary alicyclic amines) is 1. The molecular weight excluding hydrogens is 372 g/mol. The second kappa shape index (κ2) is 7.80. The van der Waals surface area contributed by atoms with Crippen molar-refractivity contribution >= 4 is 18.0 Å². The minimum absolute atomic E-state index is 0.0363. The van der Waals surface area contributed by atoms with Gasteiger partial charge in [-0.2, -0.15) is 0 Å². The Kier molecular flexibility index (Phi) is 5.89. The minimum atomic E-state index is -0.669. The summed E-state index contributed by atoms with van der Waals surface area (Å²) in [6, 6.07) is -1.24. The lowest BCUT2D eigenvalue weighted by atomic mass is 9.83. The van der Waals surface area contributed by atoms with Crippen LogP contribution in [0.2, 0.25) is 0 Å². The van der Waals surface area contributed by atoms with Gasteiger partial charge in [-0.1, -0.05) is 33.1 Å². The SMILES string of the molecule is COC(=O)[C@@H]1C2C(CN1C(=O)C(NC(=O)OC(C)(C)C)C1CCCCC1)C2(C)C. The van der Waals surface area contributed by atoms with Gasteiger partial charge in [-0.15, -0.1) is 0 Å². The smallest absolute Gasteiger partial charge is 0.408 e. The molecule has 164 valence electrons. The van der Waals surface area contributed by atoms with E-state index in [0.29, 0.717) is 12.5 Å². The third kappa shape index (κ3) is 4.38. The van der Waals surface area contributed by atoms with Crippen molar-refractivity contribution in [1.29, 1.82) is 0 Å². The van der Waals surface area contributed by atoms with Gasteiger partial charge in [0.05, 0.1) is 7.11 Å². The molecule has 3 aliphatic rings. The summed E-state index contributed by atoms with van der Waals surface area (Å²) in [5.74, 6) is -0.0687. The highest BCUT2D eigenvalue weighted by Crippen LogP contribution is 2.65. The molecule has 1 saturated heterocycles. The topological polar surface area (TPSA) is 84.9 Å². The summed E-state index contributed by atoms with van der Waals surface area (Å²) in [7, 11) is 1.37. The third-order valence-electron chi connectivity index (χ3n) is 6.99. The number of amides is 2. The molecule has 0 aromatic rings. The molecule has 0 bridgehead atoms. The van der Waals surface area contributed by atoms with Gasteiger partial charge < -0.3 is 19.7 Å². The van der Waals surface area contributed by atoms with Gasteiger partial charge in [0.2, 0.25) is 5.91 Å². The van der Waals surface area contributed by atoms with E-state index in [-0.39, 0.29) is 29.1 Å². The lowest BCUT2D eigenvalue weighted by Crippen LogP contribution is -2.57. The Morgan fingerprint density at radius 1 is 1.10 bits per heavy atom. The number of carbonyl (C=O) groups is 3. The maximum atomic E-state index is 13.6. The Bertz CT molecular complexity index is 663. The van der Waals surface area contributed by atoms with Crippen LogP contribution in [0.3, 0.4) is 0 Å². The molecule has 1 aliphatic heterocycles. The zero-order chi connectivity index (χ0) is 21.6. The number of methoxy groups -OCH3 is 1. The van der Waals surface area contributed by atoms with Crippen molar-refractivity contribution in [2.75, 3.05) is 13.7 Å². The molecule has 1 N–H and O–H groups in total. The number of fused-ring (bicyclic) bond motifs is 1. The number of hydrogen-bond donors (Lipinski definition) is 1. The van der Waals surface area contributed by atoms with E-state index in [1.807, 2.05) is 0 Å². The van der Waals surface area contributed by atoms with Gasteiger partial charge in [-0.25, -0.2) is 9.59 Å². The number of rotatable bonds is 4. The Hall–Kier alpha value is -1.79. The number of carbonyl (C=O) groups excluding carboxylic acids is 3. The monoisotopic (exact) mass is 408 g/mol. The van der Waals surface area contributed by atoms with Crippen LogP contribution < -0.4 is 5.32 Å². The van der Waals surface area contributed by atoms with Gasteiger partial charge in [0.25, 0.3) is 0 Å². The number of nitrogens with one attached hydrogen (secondary N) is 1. The van der Waals surface area contributed by atoms with Crippen molar-refractivity contribution in [3.8, 4) is 0 Å². The fourth-order valence-electron chi connectivity index (χ4n) is 5.37. The first-order valence-electron chi connectivity index (χ1n) is 10.8. The molecule has 0 radical (unpaired) electrons. The number of ether oxygens (including phenoxy) is 2. The van der Waals surface area contributed by atoms with E-state index in [1.54, 1.807) is 25.7 Å². The number of piperidine rings is 1. The molecule has 2 aliphatic carbocycles. The quantitative estimate of drug-likeness (QED) is 0.723. The molecule has 7 heteroatoms. The second-order valence-corrected chi connectivity index (χ2v) is 10.4. The van der Waals surface area contributed by atoms with Crippen LogP contribution in [0.1, 0.15) is 66.7 Å². The Morgan fingerprint density at radius 3 is 2.28 bits per heavy atom. The highest BCUT2D eigenvalue weighted by atomic mass is 16.6. The predicted molar refractivity (Wildman–Crippen MR) is 108 cm³/mol. The van der Waals surface area contributed by atoms with Gasteiger partial charge in [-0.05, 0) is 50.9 Å². The molecule has 4 atom stereocenters. The van der Waals surface area contributed by atoms with Crippen molar-refractivity contribution in [3.05, 3.63) is 0 Å². The van der Waals surface area contributed by atoms with E-state index in [4.69, 9.17) is 9.47 Å². The summed E-state index contributed by atoms with van der Waals surface area (Å²) >= 11 is 0. The van der Waals surface area contributed by atoms with Crippen molar-refractivity contribution in [2.24, 2.45) is 23.2 Å². The van der Waals surface area contributed by atoms with E-state index in [0.717, 1.165) is 32.1 Å². The molecule has 0 spiro atoms. The molecule has 0 aromatic carbocycles. The first-order valence-corrected chi connectivity index (χ1v) is 10.8. The van der Waals surface area contributed by atoms with Crippen LogP contribution >= 0.6 is 0 Å². The van der Waals surface area contributed by atoms with E-state index >= 15 is 0 Å². The van der Waals surface area contributed by atoms with E-state index < -0.39 is 23.8 Å². The molecular formula is C22H36N2O5. The molecule has 2 saturated carbocycles. The summed E-state index contributed by atoms with van der Waals surface area (Å²) in [6.45, 7) is 10.2. The zero-order valence-electron chi connectivity index (χ0n) is 18.6. The lowest BCUT2D eigenvalue weighted by molar-refractivity contribution is -0.154. The first-order chi connectivity index (χ1) is 13.5. The average molecular weight is 409 g/mol. The molecule has 3 fully saturated rings. The average Bonchev–Trinajstić information content (AvgIpc) is 3.00. The maximum Gasteiger partial charge on any atom is 0.408 e. The largest absolute Gasteiger partial charge is 0.467 e. The number of hydrogen-bond acceptors (Lipinski definition) is 5. The van der Waals surface area contributed by atoms with Crippen LogP contribution in [0, 0.1) is 23.2 Å². The van der Waals surface area contributed by atoms with Crippen molar-refractivity contribution in [3.63, 3.8) is 0 Å². The van der Waals surface area contributed by atoms with Crippen molar-refractivity contribution < 1.29 is 23.9 Å². The van der Waals surface area contributed by atoms with Crippen LogP contribution in [0.4, 0.5) is 4.79 Å². The second-order valence-electron chi connectivity index (χ2n) is 10.4. The number of esters is 1. The molecule has 29 heavy (non-hydrogen) atoms. The minimum Gasteiger partial charge on any atom is -0.467 e. The van der Waals surface area contributed by atoms with E-state index in [9.17, 15) is 14.4 Å². The van der Waals surface area contributed by atoms with Crippen LogP contribution in [0.25, 0.3) is 0 Å². The van der Waals surface area contributed by atoms with Gasteiger partial charge >= 0.3 is 12.1 Å². The zero-order valence-corrected chi connectivity index (χ0v) is 18.6. The molecule has 3 unspecified atom stereocenters. The van der Waals surface area contributed by atoms with Gasteiger partial charge in [0, 0.05) is 12.5 Å². The Balaban J connectivity index is 1.80. The first kappa shape index (κ1) is 21.9. The van der Waals surface area contributed by atoms with E-state index in [1.165, 1.54) is 7.11 Å². The molecule has 3 rings (SSSR count). The highest BCUT2D eigenvalue weighted by molar-refractivity contribution is 5.91. The maximum absolute atomic E-state index is 13.6. The van der Waals surface area contributed by atoms with Crippen LogP contribution in [0.15, 0.2) is 0 Å². The van der Waals surface area contributed by atoms with Crippen LogP contribution in [-0.2, 0) is 19.1 Å². The fourth-order valence-corrected chi connectivity index (χ4v) is 5.37. The van der Waals surface area contributed by atoms with E-state index in [2.05, 4.69) is 19.2 Å². The van der Waals surface area contributed by atoms with Gasteiger partial charge in [0.15, 0.2) is 0 Å². The summed E-state index contributed by atoms with van der Waals surface area (Å²) in [6.07, 6.45) is 4.44. The Morgan fingerprint density at radius 2 is 1.72 bits per heavy atom. The normalized spacial score (nSPS) is 29.6. The van der Waals surface area contributed by atoms with Crippen molar-refractivity contribution in [1.82, 2.24) is 10.2 Å². The number of nitrogens with zero attached hydrogens (tertiary/aromatic N) is 1. The molecule has 1 heterocycles. The Labute approximate surface area is 173 Å². The number of alkyl carbamates (subject to hydrolysis) is 1. The molecule has 2 amide bonds. The molecule has 7 nitrogen and oxygen atoms in total. The summed E-state index contributed by atoms with van der Waals surface area (Å²) in [5, 5.41) is 2.84. The molecule has 0 aromatic heterocycles. The van der Waals surface area contributed by atoms with Crippen LogP contribution in [-0.4, -0.2) is 54.2 Å². The van der Waals surface area contributed by atoms with Gasteiger partial charge in [-0.3, -0.25) is 4.79 Å². The summed E-state index contributed by atoms with van der Waals surface area (Å²) < 4.78 is 10.5. The highest BCUT2D eigenvalue weighted by Gasteiger charge is 2.70. The van der Waals surface area contributed by atoms with Crippen molar-refractivity contribution in [2.45, 2.75) is 84.4 Å². The van der Waals surface area contributed by atoms with Gasteiger partial charge in [0.1, 0.15) is 17.7 Å². The van der Waals surface area contributed by atoms with Crippen LogP contribution in [0.5, 0.6) is 0 Å².